The SMILES string of the molecule is CCCS(=O)(=O)Nc1cccc(C(=O)NC2(C(=O)O)CCC2)c1. The normalized spacial score (nSPS) is 16.2. The van der Waals surface area contributed by atoms with Crippen molar-refractivity contribution in [1.29, 1.82) is 0 Å². The first-order valence-electron chi connectivity index (χ1n) is 7.44. The fraction of sp³-hybridized carbons (Fsp3) is 0.467. The van der Waals surface area contributed by atoms with Crippen LogP contribution in [0.4, 0.5) is 5.69 Å². The number of rotatable bonds is 7. The van der Waals surface area contributed by atoms with Gasteiger partial charge in [-0.05, 0) is 43.9 Å². The Morgan fingerprint density at radius 1 is 1.30 bits per heavy atom. The number of aliphatic carboxylic acids is 1. The third-order valence-corrected chi connectivity index (χ3v) is 5.33. The third-order valence-electron chi connectivity index (χ3n) is 3.84. The van der Waals surface area contributed by atoms with Gasteiger partial charge in [0.25, 0.3) is 5.91 Å². The third kappa shape index (κ3) is 4.01. The molecular formula is C15H20N2O5S. The van der Waals surface area contributed by atoms with E-state index in [4.69, 9.17) is 0 Å². The highest BCUT2D eigenvalue weighted by atomic mass is 32.2. The molecule has 0 heterocycles. The first-order chi connectivity index (χ1) is 10.8. The number of carboxylic acids is 1. The minimum atomic E-state index is -3.45. The van der Waals surface area contributed by atoms with E-state index in [1.54, 1.807) is 19.1 Å². The highest BCUT2D eigenvalue weighted by Gasteiger charge is 2.45. The number of hydrogen-bond acceptors (Lipinski definition) is 4. The van der Waals surface area contributed by atoms with Gasteiger partial charge in [-0.2, -0.15) is 0 Å². The second-order valence-electron chi connectivity index (χ2n) is 5.70. The van der Waals surface area contributed by atoms with E-state index in [0.717, 1.165) is 6.42 Å². The molecule has 1 aromatic carbocycles. The minimum absolute atomic E-state index is 0.00838. The number of amides is 1. The van der Waals surface area contributed by atoms with Crippen molar-refractivity contribution < 1.29 is 23.1 Å². The summed E-state index contributed by atoms with van der Waals surface area (Å²) in [4.78, 5) is 23.5. The lowest BCUT2D eigenvalue weighted by Gasteiger charge is -2.38. The number of carbonyl (C=O) groups is 2. The van der Waals surface area contributed by atoms with Crippen LogP contribution in [0.1, 0.15) is 43.0 Å². The van der Waals surface area contributed by atoms with Crippen LogP contribution in [0.2, 0.25) is 0 Å². The van der Waals surface area contributed by atoms with Crippen LogP contribution in [0.3, 0.4) is 0 Å². The monoisotopic (exact) mass is 340 g/mol. The summed E-state index contributed by atoms with van der Waals surface area (Å²) >= 11 is 0. The van der Waals surface area contributed by atoms with E-state index in [0.29, 0.717) is 19.3 Å². The molecule has 7 nitrogen and oxygen atoms in total. The van der Waals surface area contributed by atoms with Crippen LogP contribution < -0.4 is 10.0 Å². The summed E-state index contributed by atoms with van der Waals surface area (Å²) in [6.07, 6.45) is 2.04. The van der Waals surface area contributed by atoms with Crippen molar-refractivity contribution in [3.8, 4) is 0 Å². The molecule has 1 fully saturated rings. The Balaban J connectivity index is 2.13. The second-order valence-corrected chi connectivity index (χ2v) is 7.54. The van der Waals surface area contributed by atoms with Gasteiger partial charge < -0.3 is 10.4 Å². The predicted molar refractivity (Wildman–Crippen MR) is 85.8 cm³/mol. The Hall–Kier alpha value is -2.09. The van der Waals surface area contributed by atoms with Crippen LogP contribution in [0.25, 0.3) is 0 Å². The van der Waals surface area contributed by atoms with Crippen molar-refractivity contribution in [2.45, 2.75) is 38.1 Å². The second kappa shape index (κ2) is 6.57. The fourth-order valence-corrected chi connectivity index (χ4v) is 3.56. The van der Waals surface area contributed by atoms with Gasteiger partial charge >= 0.3 is 5.97 Å². The number of sulfonamides is 1. The topological polar surface area (TPSA) is 113 Å². The summed E-state index contributed by atoms with van der Waals surface area (Å²) in [5.74, 6) is -1.58. The molecule has 3 N–H and O–H groups in total. The molecule has 126 valence electrons. The van der Waals surface area contributed by atoms with Gasteiger partial charge in [0, 0.05) is 11.3 Å². The molecule has 0 spiro atoms. The Bertz CT molecular complexity index is 710. The summed E-state index contributed by atoms with van der Waals surface area (Å²) in [7, 11) is -3.45. The molecule has 1 amide bonds. The number of hydrogen-bond donors (Lipinski definition) is 3. The number of benzene rings is 1. The maximum Gasteiger partial charge on any atom is 0.329 e. The molecule has 8 heteroatoms. The molecule has 2 rings (SSSR count). The molecule has 1 aromatic rings. The van der Waals surface area contributed by atoms with Crippen LogP contribution in [0, 0.1) is 0 Å². The number of anilines is 1. The van der Waals surface area contributed by atoms with Crippen molar-refractivity contribution in [2.24, 2.45) is 0 Å². The Labute approximate surface area is 135 Å². The first-order valence-corrected chi connectivity index (χ1v) is 9.10. The molecule has 1 saturated carbocycles. The summed E-state index contributed by atoms with van der Waals surface area (Å²) in [5, 5.41) is 11.8. The van der Waals surface area contributed by atoms with Crippen molar-refractivity contribution in [3.05, 3.63) is 29.8 Å². The Morgan fingerprint density at radius 2 is 2.00 bits per heavy atom. The lowest BCUT2D eigenvalue weighted by Crippen LogP contribution is -2.59. The average molecular weight is 340 g/mol. The Morgan fingerprint density at radius 3 is 2.52 bits per heavy atom. The molecule has 0 aliphatic heterocycles. The van der Waals surface area contributed by atoms with E-state index in [-0.39, 0.29) is 17.0 Å². The highest BCUT2D eigenvalue weighted by Crippen LogP contribution is 2.32. The largest absolute Gasteiger partial charge is 0.480 e. The fourth-order valence-electron chi connectivity index (χ4n) is 2.44. The molecule has 0 bridgehead atoms. The van der Waals surface area contributed by atoms with Gasteiger partial charge in [-0.15, -0.1) is 0 Å². The molecular weight excluding hydrogens is 320 g/mol. The van der Waals surface area contributed by atoms with Crippen molar-refractivity contribution in [3.63, 3.8) is 0 Å². The predicted octanol–water partition coefficient (Wildman–Crippen LogP) is 1.58. The molecule has 23 heavy (non-hydrogen) atoms. The molecule has 0 aromatic heterocycles. The lowest BCUT2D eigenvalue weighted by molar-refractivity contribution is -0.148. The molecule has 1 aliphatic rings. The molecule has 0 unspecified atom stereocenters. The van der Waals surface area contributed by atoms with Crippen LogP contribution in [0.15, 0.2) is 24.3 Å². The van der Waals surface area contributed by atoms with Crippen LogP contribution in [-0.2, 0) is 14.8 Å². The maximum atomic E-state index is 12.2. The molecule has 0 radical (unpaired) electrons. The van der Waals surface area contributed by atoms with Crippen molar-refractivity contribution >= 4 is 27.6 Å². The maximum absolute atomic E-state index is 12.2. The zero-order valence-electron chi connectivity index (χ0n) is 12.8. The zero-order valence-corrected chi connectivity index (χ0v) is 13.6. The van der Waals surface area contributed by atoms with Gasteiger partial charge in [-0.1, -0.05) is 13.0 Å². The van der Waals surface area contributed by atoms with E-state index >= 15 is 0 Å². The van der Waals surface area contributed by atoms with Gasteiger partial charge in [0.05, 0.1) is 5.75 Å². The number of carbonyl (C=O) groups excluding carboxylic acids is 1. The van der Waals surface area contributed by atoms with E-state index in [2.05, 4.69) is 10.0 Å². The van der Waals surface area contributed by atoms with E-state index in [1.807, 2.05) is 0 Å². The van der Waals surface area contributed by atoms with Gasteiger partial charge in [0.1, 0.15) is 5.54 Å². The Kier molecular flexibility index (Phi) is 4.93. The van der Waals surface area contributed by atoms with Crippen molar-refractivity contribution in [2.75, 3.05) is 10.5 Å². The lowest BCUT2D eigenvalue weighted by atomic mass is 9.76. The van der Waals surface area contributed by atoms with Gasteiger partial charge in [0.15, 0.2) is 0 Å². The van der Waals surface area contributed by atoms with Crippen LogP contribution >= 0.6 is 0 Å². The smallest absolute Gasteiger partial charge is 0.329 e. The quantitative estimate of drug-likeness (QED) is 0.697. The summed E-state index contributed by atoms with van der Waals surface area (Å²) in [5.41, 5.74) is -0.701. The molecule has 0 saturated heterocycles. The standard InChI is InChI=1S/C15H20N2O5S/c1-2-9-23(21,22)17-12-6-3-5-11(10-12)13(18)16-15(14(19)20)7-4-8-15/h3,5-6,10,17H,2,4,7-9H2,1H3,(H,16,18)(H,19,20). The van der Waals surface area contributed by atoms with Gasteiger partial charge in [-0.25, -0.2) is 13.2 Å². The first kappa shape index (κ1) is 17.3. The molecule has 0 atom stereocenters. The van der Waals surface area contributed by atoms with Gasteiger partial charge in [-0.3, -0.25) is 9.52 Å². The minimum Gasteiger partial charge on any atom is -0.480 e. The summed E-state index contributed by atoms with van der Waals surface area (Å²) in [6.45, 7) is 1.76. The molecule has 1 aliphatic carbocycles. The average Bonchev–Trinajstić information content (AvgIpc) is 2.41. The summed E-state index contributed by atoms with van der Waals surface area (Å²) < 4.78 is 25.9. The number of carboxylic acid groups (broad SMARTS) is 1. The van der Waals surface area contributed by atoms with E-state index in [1.165, 1.54) is 12.1 Å². The zero-order chi connectivity index (χ0) is 17.1. The van der Waals surface area contributed by atoms with E-state index < -0.39 is 27.4 Å². The summed E-state index contributed by atoms with van der Waals surface area (Å²) in [6, 6.07) is 6.01. The van der Waals surface area contributed by atoms with Gasteiger partial charge in [0.2, 0.25) is 10.0 Å². The van der Waals surface area contributed by atoms with E-state index in [9.17, 15) is 23.1 Å². The van der Waals surface area contributed by atoms with Crippen LogP contribution in [0.5, 0.6) is 0 Å². The highest BCUT2D eigenvalue weighted by molar-refractivity contribution is 7.92. The number of nitrogens with one attached hydrogen (secondary N) is 2. The van der Waals surface area contributed by atoms with Crippen molar-refractivity contribution in [1.82, 2.24) is 5.32 Å². The van der Waals surface area contributed by atoms with Crippen LogP contribution in [-0.4, -0.2) is 36.7 Å².